The molecule has 0 saturated heterocycles. The van der Waals surface area contributed by atoms with Gasteiger partial charge >= 0.3 is 0 Å². The Morgan fingerprint density at radius 2 is 1.72 bits per heavy atom. The minimum atomic E-state index is 0. The normalized spacial score (nSPS) is 9.67. The molecule has 0 aliphatic carbocycles. The van der Waals surface area contributed by atoms with Crippen molar-refractivity contribution in [2.24, 2.45) is 5.73 Å². The molecule has 18 heavy (non-hydrogen) atoms. The van der Waals surface area contributed by atoms with Crippen molar-refractivity contribution < 1.29 is 4.79 Å². The summed E-state index contributed by atoms with van der Waals surface area (Å²) in [6, 6.07) is 14.8. The summed E-state index contributed by atoms with van der Waals surface area (Å²) < 4.78 is 0.963. The van der Waals surface area contributed by atoms with Crippen LogP contribution in [0.5, 0.6) is 0 Å². The van der Waals surface area contributed by atoms with E-state index in [4.69, 9.17) is 5.73 Å². The van der Waals surface area contributed by atoms with Crippen LogP contribution in [0.15, 0.2) is 53.0 Å². The fourth-order valence-electron chi connectivity index (χ4n) is 1.61. The lowest BCUT2D eigenvalue weighted by Gasteiger charge is -2.03. The fourth-order valence-corrected chi connectivity index (χ4v) is 1.87. The first-order chi connectivity index (χ1) is 8.20. The molecule has 2 aromatic carbocycles. The molecule has 2 N–H and O–H groups in total. The Morgan fingerprint density at radius 3 is 2.33 bits per heavy atom. The minimum absolute atomic E-state index is 0. The van der Waals surface area contributed by atoms with Gasteiger partial charge in [-0.3, -0.25) is 4.79 Å². The third-order valence-electron chi connectivity index (χ3n) is 2.53. The molecule has 2 nitrogen and oxygen atoms in total. The standard InChI is InChI=1S/C14H12BrNO.ClH/c15-13-6-4-11(5-7-13)14(17)12-3-1-2-10(8-12)9-16;/h1-8H,9,16H2;1H. The summed E-state index contributed by atoms with van der Waals surface area (Å²) in [7, 11) is 0. The van der Waals surface area contributed by atoms with Crippen LogP contribution in [-0.2, 0) is 6.54 Å². The van der Waals surface area contributed by atoms with Gasteiger partial charge in [-0.1, -0.05) is 34.1 Å². The molecule has 0 aliphatic heterocycles. The van der Waals surface area contributed by atoms with Crippen molar-refractivity contribution in [1.29, 1.82) is 0 Å². The molecule has 0 atom stereocenters. The van der Waals surface area contributed by atoms with Gasteiger partial charge in [-0.25, -0.2) is 0 Å². The average molecular weight is 327 g/mol. The van der Waals surface area contributed by atoms with Crippen LogP contribution < -0.4 is 5.73 Å². The molecule has 0 amide bonds. The third kappa shape index (κ3) is 3.42. The molecule has 0 aliphatic rings. The summed E-state index contributed by atoms with van der Waals surface area (Å²) in [5.41, 5.74) is 7.88. The van der Waals surface area contributed by atoms with Gasteiger partial charge in [-0.15, -0.1) is 12.4 Å². The number of rotatable bonds is 3. The van der Waals surface area contributed by atoms with E-state index >= 15 is 0 Å². The van der Waals surface area contributed by atoms with Crippen LogP contribution in [0.25, 0.3) is 0 Å². The molecule has 0 saturated carbocycles. The van der Waals surface area contributed by atoms with Crippen molar-refractivity contribution >= 4 is 34.1 Å². The number of carbonyl (C=O) groups excluding carboxylic acids is 1. The lowest BCUT2D eigenvalue weighted by atomic mass is 10.0. The maximum atomic E-state index is 12.2. The van der Waals surface area contributed by atoms with E-state index < -0.39 is 0 Å². The van der Waals surface area contributed by atoms with Gasteiger partial charge in [0.2, 0.25) is 0 Å². The smallest absolute Gasteiger partial charge is 0.193 e. The molecular weight excluding hydrogens is 314 g/mol. The number of benzene rings is 2. The zero-order valence-electron chi connectivity index (χ0n) is 9.60. The molecule has 94 valence electrons. The minimum Gasteiger partial charge on any atom is -0.326 e. The van der Waals surface area contributed by atoms with Gasteiger partial charge in [-0.05, 0) is 35.9 Å². The molecule has 2 rings (SSSR count). The Morgan fingerprint density at radius 1 is 1.06 bits per heavy atom. The number of hydrogen-bond acceptors (Lipinski definition) is 2. The molecule has 0 bridgehead atoms. The zero-order valence-corrected chi connectivity index (χ0v) is 12.0. The molecule has 0 radical (unpaired) electrons. The van der Waals surface area contributed by atoms with E-state index in [0.29, 0.717) is 17.7 Å². The fraction of sp³-hybridized carbons (Fsp3) is 0.0714. The number of carbonyl (C=O) groups is 1. The van der Waals surface area contributed by atoms with Crippen LogP contribution in [0.3, 0.4) is 0 Å². The Balaban J connectivity index is 0.00000162. The van der Waals surface area contributed by atoms with Gasteiger partial charge in [0.25, 0.3) is 0 Å². The predicted molar refractivity (Wildman–Crippen MR) is 79.2 cm³/mol. The second-order valence-electron chi connectivity index (χ2n) is 3.74. The highest BCUT2D eigenvalue weighted by Gasteiger charge is 2.08. The van der Waals surface area contributed by atoms with Gasteiger partial charge < -0.3 is 5.73 Å². The first-order valence-corrected chi connectivity index (χ1v) is 6.09. The van der Waals surface area contributed by atoms with Crippen LogP contribution in [0, 0.1) is 0 Å². The molecule has 0 heterocycles. The second kappa shape index (κ2) is 6.69. The Hall–Kier alpha value is -1.16. The molecular formula is C14H13BrClNO. The first kappa shape index (κ1) is 14.9. The van der Waals surface area contributed by atoms with Crippen molar-refractivity contribution in [3.63, 3.8) is 0 Å². The predicted octanol–water partition coefficient (Wildman–Crippen LogP) is 3.56. The quantitative estimate of drug-likeness (QED) is 0.876. The van der Waals surface area contributed by atoms with Crippen molar-refractivity contribution in [2.75, 3.05) is 0 Å². The third-order valence-corrected chi connectivity index (χ3v) is 3.06. The van der Waals surface area contributed by atoms with Gasteiger partial charge in [0, 0.05) is 22.1 Å². The highest BCUT2D eigenvalue weighted by molar-refractivity contribution is 9.10. The summed E-state index contributed by atoms with van der Waals surface area (Å²) in [5, 5.41) is 0. The first-order valence-electron chi connectivity index (χ1n) is 5.30. The monoisotopic (exact) mass is 325 g/mol. The maximum absolute atomic E-state index is 12.2. The molecule has 0 unspecified atom stereocenters. The number of hydrogen-bond donors (Lipinski definition) is 1. The van der Waals surface area contributed by atoms with E-state index in [2.05, 4.69) is 15.9 Å². The summed E-state index contributed by atoms with van der Waals surface area (Å²) in [5.74, 6) is 0.0211. The summed E-state index contributed by atoms with van der Waals surface area (Å²) >= 11 is 3.35. The lowest BCUT2D eigenvalue weighted by molar-refractivity contribution is 0.103. The van der Waals surface area contributed by atoms with E-state index in [1.165, 1.54) is 0 Å². The summed E-state index contributed by atoms with van der Waals surface area (Å²) in [4.78, 5) is 12.2. The van der Waals surface area contributed by atoms with E-state index in [1.54, 1.807) is 0 Å². The highest BCUT2D eigenvalue weighted by atomic mass is 79.9. The SMILES string of the molecule is Cl.NCc1cccc(C(=O)c2ccc(Br)cc2)c1. The lowest BCUT2D eigenvalue weighted by Crippen LogP contribution is -2.03. The van der Waals surface area contributed by atoms with Gasteiger partial charge in [-0.2, -0.15) is 0 Å². The number of nitrogens with two attached hydrogens (primary N) is 1. The largest absolute Gasteiger partial charge is 0.326 e. The van der Waals surface area contributed by atoms with Crippen molar-refractivity contribution in [3.05, 3.63) is 69.7 Å². The van der Waals surface area contributed by atoms with Crippen molar-refractivity contribution in [2.45, 2.75) is 6.54 Å². The average Bonchev–Trinajstić information content (AvgIpc) is 2.39. The van der Waals surface area contributed by atoms with Gasteiger partial charge in [0.1, 0.15) is 0 Å². The Kier molecular flexibility index (Phi) is 5.54. The molecule has 4 heteroatoms. The summed E-state index contributed by atoms with van der Waals surface area (Å²) in [6.45, 7) is 0.446. The zero-order chi connectivity index (χ0) is 12.3. The number of ketones is 1. The van der Waals surface area contributed by atoms with Crippen LogP contribution in [-0.4, -0.2) is 5.78 Å². The van der Waals surface area contributed by atoms with Crippen LogP contribution in [0.4, 0.5) is 0 Å². The molecule has 0 spiro atoms. The van der Waals surface area contributed by atoms with E-state index in [-0.39, 0.29) is 18.2 Å². The van der Waals surface area contributed by atoms with Crippen molar-refractivity contribution in [1.82, 2.24) is 0 Å². The van der Waals surface area contributed by atoms with Crippen LogP contribution >= 0.6 is 28.3 Å². The van der Waals surface area contributed by atoms with E-state index in [1.807, 2.05) is 48.5 Å². The topological polar surface area (TPSA) is 43.1 Å². The van der Waals surface area contributed by atoms with E-state index in [9.17, 15) is 4.79 Å². The van der Waals surface area contributed by atoms with Gasteiger partial charge in [0.15, 0.2) is 5.78 Å². The maximum Gasteiger partial charge on any atom is 0.193 e. The van der Waals surface area contributed by atoms with Gasteiger partial charge in [0.05, 0.1) is 0 Å². The highest BCUT2D eigenvalue weighted by Crippen LogP contribution is 2.15. The molecule has 0 aromatic heterocycles. The Bertz CT molecular complexity index is 540. The van der Waals surface area contributed by atoms with Crippen LogP contribution in [0.1, 0.15) is 21.5 Å². The van der Waals surface area contributed by atoms with Crippen LogP contribution in [0.2, 0.25) is 0 Å². The second-order valence-corrected chi connectivity index (χ2v) is 4.66. The Labute approximate surface area is 121 Å². The molecule has 0 fully saturated rings. The molecule has 2 aromatic rings. The number of halogens is 2. The van der Waals surface area contributed by atoms with Crippen molar-refractivity contribution in [3.8, 4) is 0 Å². The van der Waals surface area contributed by atoms with E-state index in [0.717, 1.165) is 10.0 Å². The summed E-state index contributed by atoms with van der Waals surface area (Å²) in [6.07, 6.45) is 0.